The van der Waals surface area contributed by atoms with E-state index in [0.29, 0.717) is 0 Å². The Morgan fingerprint density at radius 3 is 2.36 bits per heavy atom. The van der Waals surface area contributed by atoms with Gasteiger partial charge in [-0.15, -0.1) is 0 Å². The van der Waals surface area contributed by atoms with E-state index in [1.165, 1.54) is 0 Å². The molecule has 2 heteroatoms. The highest BCUT2D eigenvalue weighted by Gasteiger charge is 2.16. The van der Waals surface area contributed by atoms with E-state index in [-0.39, 0.29) is 13.3 Å². The van der Waals surface area contributed by atoms with Gasteiger partial charge in [-0.3, -0.25) is 4.79 Å². The highest BCUT2D eigenvalue weighted by molar-refractivity contribution is 7.60. The van der Waals surface area contributed by atoms with Gasteiger partial charge in [0.25, 0.3) is 0 Å². The molecular formula is C12H16OP+. The molecule has 0 bridgehead atoms. The van der Waals surface area contributed by atoms with Crippen molar-refractivity contribution in [3.05, 3.63) is 35.9 Å². The largest absolute Gasteiger partial charge is 0.285 e. The lowest BCUT2D eigenvalue weighted by Gasteiger charge is -1.97. The van der Waals surface area contributed by atoms with Gasteiger partial charge in [-0.05, 0) is 6.92 Å². The van der Waals surface area contributed by atoms with Gasteiger partial charge in [-0.25, -0.2) is 0 Å². The smallest absolute Gasteiger partial charge is 0.230 e. The second-order valence-corrected chi connectivity index (χ2v) is 5.99. The Labute approximate surface area is 86.5 Å². The van der Waals surface area contributed by atoms with Gasteiger partial charge in [-0.1, -0.05) is 30.3 Å². The van der Waals surface area contributed by atoms with E-state index in [1.807, 2.05) is 37.3 Å². The Morgan fingerprint density at radius 1 is 1.29 bits per heavy atom. The zero-order valence-corrected chi connectivity index (χ0v) is 9.84. The van der Waals surface area contributed by atoms with Crippen LogP contribution in [0.15, 0.2) is 30.3 Å². The Hall–Kier alpha value is -0.940. The predicted octanol–water partition coefficient (Wildman–Crippen LogP) is 3.19. The third-order valence-electron chi connectivity index (χ3n) is 2.41. The Bertz CT molecular complexity index is 352. The fourth-order valence-electron chi connectivity index (χ4n) is 1.21. The maximum Gasteiger partial charge on any atom is 0.230 e. The van der Waals surface area contributed by atoms with Crippen molar-refractivity contribution in [2.75, 3.05) is 12.8 Å². The molecule has 0 fully saturated rings. The van der Waals surface area contributed by atoms with Crippen LogP contribution in [0.4, 0.5) is 0 Å². The number of ketones is 1. The van der Waals surface area contributed by atoms with Crippen LogP contribution in [-0.4, -0.2) is 23.9 Å². The molecule has 0 heterocycles. The highest BCUT2D eigenvalue weighted by Crippen LogP contribution is 2.20. The van der Waals surface area contributed by atoms with E-state index in [4.69, 9.17) is 0 Å². The Kier molecular flexibility index (Phi) is 4.03. The number of carbonyl (C=O) groups excluding carboxylic acids is 1. The summed E-state index contributed by atoms with van der Waals surface area (Å²) < 4.78 is 0. The number of benzene rings is 1. The maximum atomic E-state index is 11.9. The molecular weight excluding hydrogens is 191 g/mol. The minimum Gasteiger partial charge on any atom is -0.285 e. The second-order valence-electron chi connectivity index (χ2n) is 3.29. The first-order valence-electron chi connectivity index (χ1n) is 4.81. The van der Waals surface area contributed by atoms with Crippen molar-refractivity contribution in [3.8, 4) is 0 Å². The lowest BCUT2D eigenvalue weighted by atomic mass is 10.1. The average molecular weight is 207 g/mol. The molecule has 0 aliphatic rings. The fraction of sp³-hybridized carbons (Fsp3) is 0.333. The van der Waals surface area contributed by atoms with Crippen molar-refractivity contribution in [2.45, 2.75) is 13.8 Å². The number of hydrogen-bond donors (Lipinski definition) is 0. The number of carbonyl (C=O) groups is 1. The van der Waals surface area contributed by atoms with Crippen LogP contribution >= 0.6 is 7.55 Å². The van der Waals surface area contributed by atoms with Gasteiger partial charge in [-0.2, -0.15) is 0 Å². The Morgan fingerprint density at radius 2 is 1.86 bits per heavy atom. The molecule has 0 saturated carbocycles. The molecule has 0 N–H and O–H groups in total. The van der Waals surface area contributed by atoms with Crippen molar-refractivity contribution in [3.63, 3.8) is 0 Å². The molecule has 0 aliphatic heterocycles. The van der Waals surface area contributed by atoms with Gasteiger partial charge in [0.2, 0.25) is 5.78 Å². The summed E-state index contributed by atoms with van der Waals surface area (Å²) in [5, 5.41) is 1.02. The van der Waals surface area contributed by atoms with Gasteiger partial charge in [0, 0.05) is 12.5 Å². The van der Waals surface area contributed by atoms with Gasteiger partial charge in [0.15, 0.2) is 5.29 Å². The molecule has 1 aromatic rings. The van der Waals surface area contributed by atoms with Crippen LogP contribution in [0, 0.1) is 0 Å². The van der Waals surface area contributed by atoms with Crippen LogP contribution in [0.25, 0.3) is 0 Å². The predicted molar refractivity (Wildman–Crippen MR) is 64.8 cm³/mol. The van der Waals surface area contributed by atoms with Crippen molar-refractivity contribution < 1.29 is 4.79 Å². The summed E-state index contributed by atoms with van der Waals surface area (Å²) in [5.74, 6) is 0.209. The fourth-order valence-corrected chi connectivity index (χ4v) is 2.16. The summed E-state index contributed by atoms with van der Waals surface area (Å²) >= 11 is 0. The van der Waals surface area contributed by atoms with E-state index >= 15 is 0 Å². The molecule has 1 aromatic carbocycles. The third kappa shape index (κ3) is 2.52. The number of Topliss-reactive ketones (excluding diaryl/α,β-unsaturated/α-hetero) is 1. The molecule has 14 heavy (non-hydrogen) atoms. The van der Waals surface area contributed by atoms with Crippen LogP contribution in [0.3, 0.4) is 0 Å². The quantitative estimate of drug-likeness (QED) is 0.549. The second kappa shape index (κ2) is 5.07. The monoisotopic (exact) mass is 207 g/mol. The molecule has 0 spiro atoms. The van der Waals surface area contributed by atoms with E-state index in [0.717, 1.165) is 17.0 Å². The van der Waals surface area contributed by atoms with Crippen molar-refractivity contribution >= 4 is 18.6 Å². The lowest BCUT2D eigenvalue weighted by Crippen LogP contribution is -2.09. The normalized spacial score (nSPS) is 12.2. The lowest BCUT2D eigenvalue weighted by molar-refractivity contribution is 0.106. The molecule has 0 aliphatic carbocycles. The van der Waals surface area contributed by atoms with E-state index in [1.54, 1.807) is 0 Å². The van der Waals surface area contributed by atoms with E-state index in [2.05, 4.69) is 13.6 Å². The van der Waals surface area contributed by atoms with Crippen LogP contribution in [0.1, 0.15) is 24.2 Å². The van der Waals surface area contributed by atoms with E-state index < -0.39 is 0 Å². The summed E-state index contributed by atoms with van der Waals surface area (Å²) in [6.07, 6.45) is 1.08. The van der Waals surface area contributed by atoms with Gasteiger partial charge in [0.1, 0.15) is 6.16 Å². The summed E-state index contributed by atoms with van der Waals surface area (Å²) in [7, 11) is -0.235. The third-order valence-corrected chi connectivity index (χ3v) is 4.71. The molecule has 0 saturated heterocycles. The minimum absolute atomic E-state index is 0.209. The maximum absolute atomic E-state index is 11.9. The molecule has 0 amide bonds. The Balaban J connectivity index is 2.98. The summed E-state index contributed by atoms with van der Waals surface area (Å²) in [4.78, 5) is 11.9. The van der Waals surface area contributed by atoms with Crippen molar-refractivity contribution in [1.82, 2.24) is 0 Å². The molecule has 74 valence electrons. The van der Waals surface area contributed by atoms with Crippen molar-refractivity contribution in [2.24, 2.45) is 0 Å². The molecule has 1 unspecified atom stereocenters. The zero-order chi connectivity index (χ0) is 10.6. The molecule has 1 rings (SSSR count). The van der Waals surface area contributed by atoms with Gasteiger partial charge in [0.05, 0.1) is 14.2 Å². The number of rotatable bonds is 3. The summed E-state index contributed by atoms with van der Waals surface area (Å²) in [5.41, 5.74) is 0.813. The summed E-state index contributed by atoms with van der Waals surface area (Å²) in [6.45, 7) is 6.25. The first-order chi connectivity index (χ1) is 6.66. The topological polar surface area (TPSA) is 17.1 Å². The standard InChI is InChI=1S/C12H16OP/c1-4-14(3)10(2)12(13)11-8-6-5-7-9-11/h5-9H,4H2,1-3H3/q+1. The first-order valence-corrected chi connectivity index (χ1v) is 6.78. The average Bonchev–Trinajstić information content (AvgIpc) is 2.27. The first kappa shape index (κ1) is 11.1. The zero-order valence-electron chi connectivity index (χ0n) is 8.95. The van der Waals surface area contributed by atoms with Crippen LogP contribution in [-0.2, 0) is 0 Å². The summed E-state index contributed by atoms with van der Waals surface area (Å²) in [6, 6.07) is 9.50. The van der Waals surface area contributed by atoms with Gasteiger partial charge >= 0.3 is 0 Å². The van der Waals surface area contributed by atoms with Crippen LogP contribution in [0.2, 0.25) is 0 Å². The molecule has 1 nitrogen and oxygen atoms in total. The molecule has 0 aromatic heterocycles. The van der Waals surface area contributed by atoms with Crippen LogP contribution in [0.5, 0.6) is 0 Å². The van der Waals surface area contributed by atoms with Crippen molar-refractivity contribution in [1.29, 1.82) is 0 Å². The number of hydrogen-bond acceptors (Lipinski definition) is 1. The van der Waals surface area contributed by atoms with Gasteiger partial charge < -0.3 is 0 Å². The van der Waals surface area contributed by atoms with Crippen LogP contribution < -0.4 is 0 Å². The highest BCUT2D eigenvalue weighted by atomic mass is 31.1. The van der Waals surface area contributed by atoms with E-state index in [9.17, 15) is 4.79 Å². The SMILES string of the molecule is CC[P+](C)=C(C)C(=O)c1ccccc1. The molecule has 0 radical (unpaired) electrons. The molecule has 1 atom stereocenters. The minimum atomic E-state index is -0.235.